The standard InChI is InChI=1S/C30H63NO/c1-3-5-7-9-11-13-15-17-18-19-21-23-25-27-29-31-32-30-28-26-24-22-20-16-14-12-10-8-6-4-2/h31H,3-30H2,1-2H3. The van der Waals surface area contributed by atoms with Gasteiger partial charge in [0.1, 0.15) is 0 Å². The summed E-state index contributed by atoms with van der Waals surface area (Å²) in [5.74, 6) is 0. The van der Waals surface area contributed by atoms with Crippen LogP contribution in [0.3, 0.4) is 0 Å². The van der Waals surface area contributed by atoms with Crippen LogP contribution in [0.25, 0.3) is 0 Å². The molecule has 0 aliphatic carbocycles. The average Bonchev–Trinajstić information content (AvgIpc) is 2.81. The highest BCUT2D eigenvalue weighted by atomic mass is 16.6. The molecule has 0 fully saturated rings. The minimum atomic E-state index is 0.885. The second-order valence-corrected chi connectivity index (χ2v) is 10.2. The van der Waals surface area contributed by atoms with Gasteiger partial charge in [-0.2, -0.15) is 0 Å². The minimum Gasteiger partial charge on any atom is -0.302 e. The van der Waals surface area contributed by atoms with E-state index in [-0.39, 0.29) is 0 Å². The van der Waals surface area contributed by atoms with Crippen LogP contribution in [-0.2, 0) is 4.84 Å². The molecule has 0 rings (SSSR count). The molecule has 2 heteroatoms. The third-order valence-electron chi connectivity index (χ3n) is 6.83. The molecule has 0 spiro atoms. The maximum Gasteiger partial charge on any atom is 0.0682 e. The van der Waals surface area contributed by atoms with Gasteiger partial charge < -0.3 is 4.84 Å². The zero-order valence-corrected chi connectivity index (χ0v) is 22.7. The average molecular weight is 454 g/mol. The Labute approximate surface area is 204 Å². The van der Waals surface area contributed by atoms with E-state index in [0.717, 1.165) is 13.2 Å². The molecule has 1 N–H and O–H groups in total. The van der Waals surface area contributed by atoms with Gasteiger partial charge in [0.05, 0.1) is 6.61 Å². The Morgan fingerprint density at radius 3 is 0.969 bits per heavy atom. The van der Waals surface area contributed by atoms with E-state index in [1.807, 2.05) is 0 Å². The molecule has 2 nitrogen and oxygen atoms in total. The van der Waals surface area contributed by atoms with E-state index in [0.29, 0.717) is 0 Å². The molecule has 32 heavy (non-hydrogen) atoms. The lowest BCUT2D eigenvalue weighted by Gasteiger charge is -2.06. The number of hydrogen-bond donors (Lipinski definition) is 1. The predicted molar refractivity (Wildman–Crippen MR) is 145 cm³/mol. The fourth-order valence-electron chi connectivity index (χ4n) is 4.55. The highest BCUT2D eigenvalue weighted by molar-refractivity contribution is 4.50. The molecule has 0 unspecified atom stereocenters. The molecule has 0 aromatic carbocycles. The first kappa shape index (κ1) is 31.9. The fourth-order valence-corrected chi connectivity index (χ4v) is 4.55. The third-order valence-corrected chi connectivity index (χ3v) is 6.83. The summed E-state index contributed by atoms with van der Waals surface area (Å²) >= 11 is 0. The maximum atomic E-state index is 5.59. The zero-order chi connectivity index (χ0) is 23.2. The van der Waals surface area contributed by atoms with Crippen molar-refractivity contribution in [2.24, 2.45) is 0 Å². The highest BCUT2D eigenvalue weighted by Gasteiger charge is 1.96. The lowest BCUT2D eigenvalue weighted by Crippen LogP contribution is -2.16. The molecule has 0 saturated carbocycles. The van der Waals surface area contributed by atoms with Crippen LogP contribution in [0.1, 0.15) is 181 Å². The SMILES string of the molecule is CCCCCCCCCCCCCCCCNOCCCCCCCCCCCCCC. The van der Waals surface area contributed by atoms with Gasteiger partial charge in [0.2, 0.25) is 0 Å². The van der Waals surface area contributed by atoms with Gasteiger partial charge in [-0.15, -0.1) is 0 Å². The number of rotatable bonds is 29. The van der Waals surface area contributed by atoms with E-state index in [9.17, 15) is 0 Å². The summed E-state index contributed by atoms with van der Waals surface area (Å²) in [4.78, 5) is 5.59. The topological polar surface area (TPSA) is 21.3 Å². The first-order valence-electron chi connectivity index (χ1n) is 15.3. The van der Waals surface area contributed by atoms with Crippen LogP contribution >= 0.6 is 0 Å². The second-order valence-electron chi connectivity index (χ2n) is 10.2. The lowest BCUT2D eigenvalue weighted by molar-refractivity contribution is 0.0376. The summed E-state index contributed by atoms with van der Waals surface area (Å²) in [6.45, 7) is 6.50. The van der Waals surface area contributed by atoms with Crippen molar-refractivity contribution < 1.29 is 4.84 Å². The number of hydrogen-bond acceptors (Lipinski definition) is 2. The Morgan fingerprint density at radius 1 is 0.344 bits per heavy atom. The normalized spacial score (nSPS) is 11.4. The van der Waals surface area contributed by atoms with Crippen molar-refractivity contribution in [1.82, 2.24) is 5.48 Å². The summed E-state index contributed by atoms with van der Waals surface area (Å²) < 4.78 is 0. The van der Waals surface area contributed by atoms with Gasteiger partial charge in [-0.3, -0.25) is 0 Å². The van der Waals surface area contributed by atoms with Crippen LogP contribution in [0.2, 0.25) is 0 Å². The fraction of sp³-hybridized carbons (Fsp3) is 1.00. The molecule has 0 aliphatic rings. The summed E-state index contributed by atoms with van der Waals surface area (Å²) in [5, 5.41) is 0. The second kappa shape index (κ2) is 30.9. The van der Waals surface area contributed by atoms with Crippen molar-refractivity contribution in [1.29, 1.82) is 0 Å². The predicted octanol–water partition coefficient (Wildman–Crippen LogP) is 10.7. The van der Waals surface area contributed by atoms with Crippen molar-refractivity contribution in [2.75, 3.05) is 13.2 Å². The minimum absolute atomic E-state index is 0.885. The molecule has 0 amide bonds. The molecule has 0 aromatic heterocycles. The summed E-state index contributed by atoms with van der Waals surface area (Å²) in [7, 11) is 0. The van der Waals surface area contributed by atoms with Gasteiger partial charge in [0, 0.05) is 6.54 Å². The monoisotopic (exact) mass is 453 g/mol. The molecule has 0 heterocycles. The van der Waals surface area contributed by atoms with Gasteiger partial charge in [0.25, 0.3) is 0 Å². The molecule has 194 valence electrons. The van der Waals surface area contributed by atoms with Gasteiger partial charge in [0.15, 0.2) is 0 Å². The Morgan fingerprint density at radius 2 is 0.625 bits per heavy atom. The van der Waals surface area contributed by atoms with Crippen LogP contribution < -0.4 is 5.48 Å². The Hall–Kier alpha value is -0.0800. The van der Waals surface area contributed by atoms with Crippen molar-refractivity contribution in [3.05, 3.63) is 0 Å². The number of nitrogens with one attached hydrogen (secondary N) is 1. The van der Waals surface area contributed by atoms with Gasteiger partial charge in [-0.1, -0.05) is 168 Å². The van der Waals surface area contributed by atoms with E-state index < -0.39 is 0 Å². The van der Waals surface area contributed by atoms with Crippen LogP contribution in [0.15, 0.2) is 0 Å². The quantitative estimate of drug-likeness (QED) is 0.0897. The molecular formula is C30H63NO. The smallest absolute Gasteiger partial charge is 0.0682 e. The van der Waals surface area contributed by atoms with E-state index in [1.165, 1.54) is 167 Å². The molecule has 0 radical (unpaired) electrons. The van der Waals surface area contributed by atoms with Crippen molar-refractivity contribution in [2.45, 2.75) is 181 Å². The Kier molecular flexibility index (Phi) is 30.8. The van der Waals surface area contributed by atoms with Gasteiger partial charge >= 0.3 is 0 Å². The molecule has 0 atom stereocenters. The molecule has 0 aromatic rings. The lowest BCUT2D eigenvalue weighted by atomic mass is 10.0. The molecular weight excluding hydrogens is 390 g/mol. The van der Waals surface area contributed by atoms with Crippen LogP contribution in [-0.4, -0.2) is 13.2 Å². The maximum absolute atomic E-state index is 5.59. The van der Waals surface area contributed by atoms with E-state index in [4.69, 9.17) is 4.84 Å². The largest absolute Gasteiger partial charge is 0.302 e. The Balaban J connectivity index is 2.98. The number of hydroxylamine groups is 1. The molecule has 0 aliphatic heterocycles. The van der Waals surface area contributed by atoms with Gasteiger partial charge in [-0.25, -0.2) is 5.48 Å². The van der Waals surface area contributed by atoms with Crippen molar-refractivity contribution >= 4 is 0 Å². The first-order valence-corrected chi connectivity index (χ1v) is 15.3. The van der Waals surface area contributed by atoms with Gasteiger partial charge in [-0.05, 0) is 12.8 Å². The zero-order valence-electron chi connectivity index (χ0n) is 22.7. The Bertz CT molecular complexity index is 277. The first-order chi connectivity index (χ1) is 15.9. The molecule has 0 saturated heterocycles. The van der Waals surface area contributed by atoms with Crippen molar-refractivity contribution in [3.8, 4) is 0 Å². The van der Waals surface area contributed by atoms with Crippen molar-refractivity contribution in [3.63, 3.8) is 0 Å². The van der Waals surface area contributed by atoms with Crippen LogP contribution in [0, 0.1) is 0 Å². The summed E-state index contributed by atoms with van der Waals surface area (Å²) in [5.41, 5.74) is 3.17. The van der Waals surface area contributed by atoms with E-state index >= 15 is 0 Å². The summed E-state index contributed by atoms with van der Waals surface area (Å²) in [6, 6.07) is 0. The third kappa shape index (κ3) is 29.9. The van der Waals surface area contributed by atoms with E-state index in [1.54, 1.807) is 0 Å². The van der Waals surface area contributed by atoms with E-state index in [2.05, 4.69) is 19.3 Å². The molecule has 0 bridgehead atoms. The number of unbranched alkanes of at least 4 members (excludes halogenated alkanes) is 24. The highest BCUT2D eigenvalue weighted by Crippen LogP contribution is 2.13. The summed E-state index contributed by atoms with van der Waals surface area (Å²) in [6.07, 6.45) is 36.7. The van der Waals surface area contributed by atoms with Crippen LogP contribution in [0.5, 0.6) is 0 Å². The van der Waals surface area contributed by atoms with Crippen LogP contribution in [0.4, 0.5) is 0 Å².